The second-order valence-corrected chi connectivity index (χ2v) is 8.99. The second-order valence-electron chi connectivity index (χ2n) is 6.77. The summed E-state index contributed by atoms with van der Waals surface area (Å²) in [5.41, 5.74) is 0.965. The summed E-state index contributed by atoms with van der Waals surface area (Å²) >= 11 is 1.66. The van der Waals surface area contributed by atoms with Crippen LogP contribution in [0.4, 0.5) is 0 Å². The summed E-state index contributed by atoms with van der Waals surface area (Å²) in [5.74, 6) is 1.20. The number of nitrogens with two attached hydrogens (primary N) is 1. The number of aryl methyl sites for hydroxylation is 1. The van der Waals surface area contributed by atoms with Crippen molar-refractivity contribution in [3.05, 3.63) is 29.8 Å². The largest absolute Gasteiger partial charge is 0.380 e. The first-order valence-electron chi connectivity index (χ1n) is 9.76. The molecule has 3 N–H and O–H groups in total. The molecule has 0 bridgehead atoms. The third-order valence-electron chi connectivity index (χ3n) is 4.23. The third-order valence-corrected chi connectivity index (χ3v) is 5.75. The minimum atomic E-state index is -4.01. The van der Waals surface area contributed by atoms with Gasteiger partial charge in [-0.15, -0.1) is 5.10 Å². The highest BCUT2D eigenvalue weighted by molar-refractivity contribution is 7.99. The van der Waals surface area contributed by atoms with E-state index < -0.39 is 10.3 Å². The minimum Gasteiger partial charge on any atom is -0.371 e. The lowest BCUT2D eigenvalue weighted by Crippen LogP contribution is -2.25. The molecule has 0 radical (unpaired) electrons. The minimum absolute atomic E-state index is 0.0505. The maximum absolute atomic E-state index is 11.9. The molecule has 0 spiro atoms. The maximum Gasteiger partial charge on any atom is 0.380 e. The van der Waals surface area contributed by atoms with Gasteiger partial charge in [-0.25, -0.2) is 4.68 Å². The predicted octanol–water partition coefficient (Wildman–Crippen LogP) is 1.58. The Morgan fingerprint density at radius 1 is 1.17 bits per heavy atom. The zero-order valence-electron chi connectivity index (χ0n) is 17.0. The number of unbranched alkanes of at least 4 members (excludes halogenated alkanes) is 4. The second kappa shape index (κ2) is 12.5. The number of aromatic nitrogens is 4. The molecule has 0 aliphatic carbocycles. The normalized spacial score (nSPS) is 11.4. The third kappa shape index (κ3) is 10.0. The van der Waals surface area contributed by atoms with Crippen LogP contribution in [0.5, 0.6) is 5.75 Å². The van der Waals surface area contributed by atoms with Crippen molar-refractivity contribution in [1.82, 2.24) is 25.5 Å². The Kier molecular flexibility index (Phi) is 10.0. The van der Waals surface area contributed by atoms with E-state index in [4.69, 9.17) is 5.14 Å². The van der Waals surface area contributed by atoms with E-state index in [1.807, 2.05) is 7.05 Å². The fraction of sp³-hybridized carbons (Fsp3) is 0.556. The number of hydrogen-bond acceptors (Lipinski definition) is 8. The van der Waals surface area contributed by atoms with E-state index in [9.17, 15) is 13.2 Å². The number of tetrazole rings is 1. The van der Waals surface area contributed by atoms with Crippen molar-refractivity contribution in [2.24, 2.45) is 12.2 Å². The van der Waals surface area contributed by atoms with Crippen molar-refractivity contribution in [1.29, 1.82) is 0 Å². The molecule has 0 aliphatic heterocycles. The van der Waals surface area contributed by atoms with Crippen LogP contribution in [0.3, 0.4) is 0 Å². The number of carbonyl (C=O) groups is 1. The highest BCUT2D eigenvalue weighted by Crippen LogP contribution is 2.16. The van der Waals surface area contributed by atoms with Crippen LogP contribution in [0.1, 0.15) is 44.1 Å². The molecule has 0 aliphatic rings. The molecule has 2 rings (SSSR count). The lowest BCUT2D eigenvalue weighted by Gasteiger charge is -2.07. The number of benzene rings is 1. The van der Waals surface area contributed by atoms with E-state index in [0.29, 0.717) is 19.4 Å². The van der Waals surface area contributed by atoms with Gasteiger partial charge >= 0.3 is 10.3 Å². The average molecular weight is 457 g/mol. The molecular formula is C18H28N6O4S2. The van der Waals surface area contributed by atoms with Gasteiger partial charge in [-0.3, -0.25) is 4.79 Å². The fourth-order valence-corrected chi connectivity index (χ4v) is 3.93. The molecule has 0 fully saturated rings. The van der Waals surface area contributed by atoms with Gasteiger partial charge < -0.3 is 9.50 Å². The zero-order chi connectivity index (χ0) is 21.8. The smallest absolute Gasteiger partial charge is 0.371 e. The Bertz CT molecular complexity index is 886. The van der Waals surface area contributed by atoms with Gasteiger partial charge in [0.1, 0.15) is 5.75 Å². The van der Waals surface area contributed by atoms with Crippen LogP contribution in [0, 0.1) is 0 Å². The summed E-state index contributed by atoms with van der Waals surface area (Å²) in [4.78, 5) is 11.9. The van der Waals surface area contributed by atoms with Gasteiger partial charge in [0.05, 0.1) is 0 Å². The molecule has 30 heavy (non-hydrogen) atoms. The number of nitrogens with zero attached hydrogens (tertiary/aromatic N) is 4. The Labute approximate surface area is 181 Å². The standard InChI is InChI=1S/C18H28N6O4S2/c1-24-18(21-22-23-24)29-14-6-4-2-3-5-7-17(25)20-13-12-15-8-10-16(11-9-15)28-30(19,26)27/h8-11H,2-7,12-14H2,1H3,(H,20,25)(H2,19,26,27). The number of carbonyl (C=O) groups excluding carboxylic acids is 1. The van der Waals surface area contributed by atoms with Crippen molar-refractivity contribution in [2.75, 3.05) is 12.3 Å². The van der Waals surface area contributed by atoms with Crippen molar-refractivity contribution in [2.45, 2.75) is 50.1 Å². The van der Waals surface area contributed by atoms with E-state index in [-0.39, 0.29) is 11.7 Å². The Balaban J connectivity index is 1.47. The molecule has 0 atom stereocenters. The molecule has 166 valence electrons. The summed E-state index contributed by atoms with van der Waals surface area (Å²) in [6.45, 7) is 0.530. The number of rotatable bonds is 14. The number of hydrogen-bond donors (Lipinski definition) is 2. The molecule has 1 aromatic heterocycles. The number of thioether (sulfide) groups is 1. The summed E-state index contributed by atoms with van der Waals surface area (Å²) in [7, 11) is -2.18. The first kappa shape index (κ1) is 24.1. The van der Waals surface area contributed by atoms with Crippen molar-refractivity contribution < 1.29 is 17.4 Å². The number of nitrogens with one attached hydrogen (secondary N) is 1. The van der Waals surface area contributed by atoms with Crippen molar-refractivity contribution in [3.8, 4) is 5.75 Å². The lowest BCUT2D eigenvalue weighted by molar-refractivity contribution is -0.121. The van der Waals surface area contributed by atoms with Crippen LogP contribution in [0.25, 0.3) is 0 Å². The van der Waals surface area contributed by atoms with Crippen LogP contribution < -0.4 is 14.6 Å². The first-order chi connectivity index (χ1) is 14.3. The topological polar surface area (TPSA) is 142 Å². The molecular weight excluding hydrogens is 428 g/mol. The molecule has 0 saturated heterocycles. The van der Waals surface area contributed by atoms with Crippen LogP contribution >= 0.6 is 11.8 Å². The van der Waals surface area contributed by atoms with Gasteiger partial charge in [0.15, 0.2) is 0 Å². The molecule has 12 heteroatoms. The molecule has 0 saturated carbocycles. The van der Waals surface area contributed by atoms with Crippen molar-refractivity contribution in [3.63, 3.8) is 0 Å². The SMILES string of the molecule is Cn1nnnc1SCCCCCCCC(=O)NCCc1ccc(OS(N)(=O)=O)cc1. The molecule has 1 amide bonds. The zero-order valence-corrected chi connectivity index (χ0v) is 18.6. The summed E-state index contributed by atoms with van der Waals surface area (Å²) < 4.78 is 28.0. The van der Waals surface area contributed by atoms with Gasteiger partial charge in [0.25, 0.3) is 0 Å². The van der Waals surface area contributed by atoms with E-state index in [2.05, 4.69) is 25.0 Å². The van der Waals surface area contributed by atoms with Gasteiger partial charge in [-0.2, -0.15) is 13.6 Å². The van der Waals surface area contributed by atoms with Gasteiger partial charge in [-0.05, 0) is 47.4 Å². The lowest BCUT2D eigenvalue weighted by atomic mass is 10.1. The van der Waals surface area contributed by atoms with Crippen molar-refractivity contribution >= 4 is 28.0 Å². The van der Waals surface area contributed by atoms with Gasteiger partial charge in [-0.1, -0.05) is 43.2 Å². The molecule has 2 aromatic rings. The maximum atomic E-state index is 11.9. The molecule has 10 nitrogen and oxygen atoms in total. The van der Waals surface area contributed by atoms with E-state index >= 15 is 0 Å². The van der Waals surface area contributed by atoms with E-state index in [0.717, 1.165) is 48.6 Å². The van der Waals surface area contributed by atoms with Gasteiger partial charge in [0.2, 0.25) is 11.1 Å². The monoisotopic (exact) mass is 456 g/mol. The average Bonchev–Trinajstić information content (AvgIpc) is 3.09. The summed E-state index contributed by atoms with van der Waals surface area (Å²) in [6, 6.07) is 6.55. The quantitative estimate of drug-likeness (QED) is 0.322. The predicted molar refractivity (Wildman–Crippen MR) is 114 cm³/mol. The molecule has 0 unspecified atom stereocenters. The van der Waals surface area contributed by atoms with Crippen LogP contribution in [-0.4, -0.2) is 46.8 Å². The fourth-order valence-electron chi connectivity index (χ4n) is 2.71. The Morgan fingerprint density at radius 2 is 1.87 bits per heavy atom. The van der Waals surface area contributed by atoms with E-state index in [1.165, 1.54) is 12.1 Å². The number of amides is 1. The Hall–Kier alpha value is -2.18. The Morgan fingerprint density at radius 3 is 2.53 bits per heavy atom. The summed E-state index contributed by atoms with van der Waals surface area (Å²) in [5, 5.41) is 19.9. The van der Waals surface area contributed by atoms with Gasteiger partial charge in [0, 0.05) is 25.8 Å². The highest BCUT2D eigenvalue weighted by atomic mass is 32.2. The van der Waals surface area contributed by atoms with E-state index in [1.54, 1.807) is 28.6 Å². The molecule has 1 heterocycles. The first-order valence-corrected chi connectivity index (χ1v) is 12.2. The highest BCUT2D eigenvalue weighted by Gasteiger charge is 2.06. The van der Waals surface area contributed by atoms with Crippen LogP contribution in [-0.2, 0) is 28.6 Å². The van der Waals surface area contributed by atoms with Crippen LogP contribution in [0.15, 0.2) is 29.4 Å². The summed E-state index contributed by atoms with van der Waals surface area (Å²) in [6.07, 6.45) is 6.44. The molecule has 1 aromatic carbocycles. The van der Waals surface area contributed by atoms with Crippen LogP contribution in [0.2, 0.25) is 0 Å².